The van der Waals surface area contributed by atoms with Crippen molar-refractivity contribution < 1.29 is 27.1 Å². The average Bonchev–Trinajstić information content (AvgIpc) is 3.51. The normalized spacial score (nSPS) is 14.3. The molecule has 11 heteroatoms. The number of benzene rings is 3. The van der Waals surface area contributed by atoms with Crippen LogP contribution in [0.2, 0.25) is 0 Å². The Hall–Kier alpha value is -3.96. The Morgan fingerprint density at radius 1 is 0.953 bits per heavy atom. The molecule has 0 bridgehead atoms. The van der Waals surface area contributed by atoms with Gasteiger partial charge in [-0.1, -0.05) is 67.4 Å². The predicted octanol–water partition coefficient (Wildman–Crippen LogP) is 4.15. The van der Waals surface area contributed by atoms with Crippen molar-refractivity contribution in [2.24, 2.45) is 0 Å². The lowest BCUT2D eigenvalue weighted by Crippen LogP contribution is -2.55. The Morgan fingerprint density at radius 3 is 2.26 bits per heavy atom. The largest absolute Gasteiger partial charge is 0.497 e. The number of methoxy groups -OCH3 is 1. The summed E-state index contributed by atoms with van der Waals surface area (Å²) >= 11 is 0. The van der Waals surface area contributed by atoms with Crippen molar-refractivity contribution in [3.05, 3.63) is 95.8 Å². The van der Waals surface area contributed by atoms with E-state index in [0.29, 0.717) is 11.3 Å². The zero-order valence-electron chi connectivity index (χ0n) is 24.8. The molecule has 0 saturated heterocycles. The number of amides is 2. The summed E-state index contributed by atoms with van der Waals surface area (Å²) in [6, 6.07) is 20.9. The molecule has 9 nitrogen and oxygen atoms in total. The van der Waals surface area contributed by atoms with Crippen molar-refractivity contribution in [2.45, 2.75) is 50.7 Å². The van der Waals surface area contributed by atoms with E-state index in [0.717, 1.165) is 45.9 Å². The van der Waals surface area contributed by atoms with Gasteiger partial charge in [0.1, 0.15) is 24.2 Å². The van der Waals surface area contributed by atoms with Crippen LogP contribution in [0.1, 0.15) is 36.8 Å². The molecule has 3 aromatic carbocycles. The minimum absolute atomic E-state index is 0.00125. The lowest BCUT2D eigenvalue weighted by atomic mass is 10.0. The van der Waals surface area contributed by atoms with E-state index in [9.17, 15) is 22.4 Å². The maximum absolute atomic E-state index is 15.0. The molecule has 2 amide bonds. The Balaban J connectivity index is 1.77. The van der Waals surface area contributed by atoms with Crippen LogP contribution in [0.25, 0.3) is 0 Å². The van der Waals surface area contributed by atoms with Gasteiger partial charge in [-0.3, -0.25) is 9.59 Å². The number of carbonyl (C=O) groups is 2. The standard InChI is InChI=1S/C32H39FN4O5S/c1-35(2)43(40,41)37(29-19-10-9-18-28(29)33)23-31(38)36(22-25-14-11-17-27(20-25)42-3)30(21-24-12-5-4-6-13-24)32(39)34-26-15-7-8-16-26/h4-6,9-14,17-20,26,30H,7-8,15-16,21-23H2,1-3H3,(H,34,39)/t30-/m1/s1. The van der Waals surface area contributed by atoms with E-state index in [1.165, 1.54) is 44.3 Å². The first-order valence-corrected chi connectivity index (χ1v) is 15.7. The second-order valence-electron chi connectivity index (χ2n) is 10.8. The van der Waals surface area contributed by atoms with E-state index in [-0.39, 0.29) is 30.6 Å². The summed E-state index contributed by atoms with van der Waals surface area (Å²) in [7, 11) is -0.127. The van der Waals surface area contributed by atoms with E-state index in [1.54, 1.807) is 18.2 Å². The molecule has 1 aliphatic carbocycles. The van der Waals surface area contributed by atoms with Crippen LogP contribution in [0, 0.1) is 5.82 Å². The van der Waals surface area contributed by atoms with Gasteiger partial charge in [0.25, 0.3) is 0 Å². The minimum atomic E-state index is -4.29. The molecule has 1 atom stereocenters. The molecule has 1 saturated carbocycles. The number of rotatable bonds is 13. The van der Waals surface area contributed by atoms with E-state index in [1.807, 2.05) is 36.4 Å². The van der Waals surface area contributed by atoms with Crippen molar-refractivity contribution in [1.82, 2.24) is 14.5 Å². The van der Waals surface area contributed by atoms with Crippen LogP contribution >= 0.6 is 0 Å². The highest BCUT2D eigenvalue weighted by atomic mass is 32.2. The fraction of sp³-hybridized carbons (Fsp3) is 0.375. The fourth-order valence-electron chi connectivity index (χ4n) is 5.24. The van der Waals surface area contributed by atoms with Crippen LogP contribution in [0.15, 0.2) is 78.9 Å². The first-order valence-electron chi connectivity index (χ1n) is 14.3. The topological polar surface area (TPSA) is 99.3 Å². The van der Waals surface area contributed by atoms with Crippen molar-refractivity contribution in [3.63, 3.8) is 0 Å². The third-order valence-electron chi connectivity index (χ3n) is 7.60. The summed E-state index contributed by atoms with van der Waals surface area (Å²) in [5, 5.41) is 3.13. The monoisotopic (exact) mass is 610 g/mol. The molecular weight excluding hydrogens is 571 g/mol. The van der Waals surface area contributed by atoms with Gasteiger partial charge < -0.3 is 15.0 Å². The van der Waals surface area contributed by atoms with E-state index < -0.39 is 34.5 Å². The van der Waals surface area contributed by atoms with Gasteiger partial charge in [-0.15, -0.1) is 0 Å². The first kappa shape index (κ1) is 32.0. The van der Waals surface area contributed by atoms with Gasteiger partial charge in [0, 0.05) is 33.1 Å². The second kappa shape index (κ2) is 14.5. The molecule has 0 radical (unpaired) electrons. The highest BCUT2D eigenvalue weighted by Crippen LogP contribution is 2.25. The first-order chi connectivity index (χ1) is 20.6. The van der Waals surface area contributed by atoms with Crippen molar-refractivity contribution >= 4 is 27.7 Å². The van der Waals surface area contributed by atoms with Crippen LogP contribution in [-0.2, 0) is 32.8 Å². The average molecular weight is 611 g/mol. The Kier molecular flexibility index (Phi) is 10.8. The minimum Gasteiger partial charge on any atom is -0.497 e. The van der Waals surface area contributed by atoms with Gasteiger partial charge in [0.15, 0.2) is 0 Å². The molecule has 3 aromatic rings. The molecule has 1 fully saturated rings. The van der Waals surface area contributed by atoms with Crippen LogP contribution in [-0.4, -0.2) is 69.3 Å². The second-order valence-corrected chi connectivity index (χ2v) is 12.9. The molecule has 0 heterocycles. The third-order valence-corrected chi connectivity index (χ3v) is 9.41. The molecule has 1 N–H and O–H groups in total. The third kappa shape index (κ3) is 8.11. The number of hydrogen-bond acceptors (Lipinski definition) is 5. The van der Waals surface area contributed by atoms with Crippen LogP contribution < -0.4 is 14.4 Å². The van der Waals surface area contributed by atoms with Gasteiger partial charge in [-0.05, 0) is 48.2 Å². The number of ether oxygens (including phenoxy) is 1. The number of nitrogens with zero attached hydrogens (tertiary/aromatic N) is 3. The van der Waals surface area contributed by atoms with Gasteiger partial charge >= 0.3 is 10.2 Å². The summed E-state index contributed by atoms with van der Waals surface area (Å²) in [6.45, 7) is -0.716. The molecule has 4 rings (SSSR count). The summed E-state index contributed by atoms with van der Waals surface area (Å²) in [4.78, 5) is 29.6. The molecule has 43 heavy (non-hydrogen) atoms. The number of hydrogen-bond donors (Lipinski definition) is 1. The molecular formula is C32H39FN4O5S. The lowest BCUT2D eigenvalue weighted by molar-refractivity contribution is -0.140. The van der Waals surface area contributed by atoms with Gasteiger partial charge in [-0.2, -0.15) is 12.7 Å². The lowest BCUT2D eigenvalue weighted by Gasteiger charge is -2.35. The van der Waals surface area contributed by atoms with Crippen LogP contribution in [0.5, 0.6) is 5.75 Å². The molecule has 230 valence electrons. The van der Waals surface area contributed by atoms with Gasteiger partial charge in [-0.25, -0.2) is 8.70 Å². The molecule has 0 aliphatic heterocycles. The van der Waals surface area contributed by atoms with Gasteiger partial charge in [0.2, 0.25) is 11.8 Å². The Bertz CT molecular complexity index is 1500. The maximum atomic E-state index is 15.0. The van der Waals surface area contributed by atoms with Crippen molar-refractivity contribution in [1.29, 1.82) is 0 Å². The molecule has 1 aliphatic rings. The number of halogens is 1. The summed E-state index contributed by atoms with van der Waals surface area (Å²) in [5.74, 6) is -1.19. The quantitative estimate of drug-likeness (QED) is 0.314. The Morgan fingerprint density at radius 2 is 1.60 bits per heavy atom. The highest BCUT2D eigenvalue weighted by Gasteiger charge is 2.36. The van der Waals surface area contributed by atoms with E-state index in [2.05, 4.69) is 5.32 Å². The Labute approximate surface area is 253 Å². The van der Waals surface area contributed by atoms with E-state index in [4.69, 9.17) is 4.74 Å². The molecule has 0 spiro atoms. The smallest absolute Gasteiger partial charge is 0.304 e. The van der Waals surface area contributed by atoms with Crippen LogP contribution in [0.4, 0.5) is 10.1 Å². The summed E-state index contributed by atoms with van der Waals surface area (Å²) < 4.78 is 48.9. The SMILES string of the molecule is COc1cccc(CN(C(=O)CN(c2ccccc2F)S(=O)(=O)N(C)C)[C@H](Cc2ccccc2)C(=O)NC2CCCC2)c1. The zero-order valence-corrected chi connectivity index (χ0v) is 25.6. The number of anilines is 1. The summed E-state index contributed by atoms with van der Waals surface area (Å²) in [5.41, 5.74) is 1.26. The van der Waals surface area contributed by atoms with Crippen molar-refractivity contribution in [2.75, 3.05) is 32.1 Å². The molecule has 0 unspecified atom stereocenters. The fourth-order valence-corrected chi connectivity index (χ4v) is 6.31. The van der Waals surface area contributed by atoms with Gasteiger partial charge in [0.05, 0.1) is 12.8 Å². The van der Waals surface area contributed by atoms with Crippen LogP contribution in [0.3, 0.4) is 0 Å². The number of carbonyl (C=O) groups excluding carboxylic acids is 2. The zero-order chi connectivity index (χ0) is 31.0. The number of para-hydroxylation sites is 1. The van der Waals surface area contributed by atoms with E-state index >= 15 is 0 Å². The number of nitrogens with one attached hydrogen (secondary N) is 1. The summed E-state index contributed by atoms with van der Waals surface area (Å²) in [6.07, 6.45) is 3.95. The molecule has 0 aromatic heterocycles. The predicted molar refractivity (Wildman–Crippen MR) is 164 cm³/mol. The highest BCUT2D eigenvalue weighted by molar-refractivity contribution is 7.90. The van der Waals surface area contributed by atoms with Crippen molar-refractivity contribution in [3.8, 4) is 5.75 Å². The maximum Gasteiger partial charge on any atom is 0.304 e.